The third-order valence-corrected chi connectivity index (χ3v) is 7.45. The molecule has 0 radical (unpaired) electrons. The Labute approximate surface area is 229 Å². The minimum Gasteiger partial charge on any atom is -0.487 e. The minimum atomic E-state index is -0.316. The van der Waals surface area contributed by atoms with Crippen molar-refractivity contribution in [2.75, 3.05) is 5.75 Å². The van der Waals surface area contributed by atoms with E-state index < -0.39 is 0 Å². The van der Waals surface area contributed by atoms with Crippen LogP contribution in [0.1, 0.15) is 39.9 Å². The molecular weight excluding hydrogens is 520 g/mol. The first kappa shape index (κ1) is 25.7. The lowest BCUT2D eigenvalue weighted by Gasteiger charge is -2.19. The number of thioether (sulfide) groups is 1. The normalized spacial score (nSPS) is 11.9. The minimum absolute atomic E-state index is 0.0240. The van der Waals surface area contributed by atoms with Crippen LogP contribution in [0.15, 0.2) is 78.9 Å². The lowest BCUT2D eigenvalue weighted by atomic mass is 10.0. The Hall–Kier alpha value is -3.95. The highest BCUT2D eigenvalue weighted by Gasteiger charge is 2.17. The van der Waals surface area contributed by atoms with Crippen LogP contribution in [0.3, 0.4) is 0 Å². The van der Waals surface area contributed by atoms with Crippen LogP contribution in [-0.2, 0) is 17.8 Å². The maximum atomic E-state index is 11.4. The van der Waals surface area contributed by atoms with Crippen molar-refractivity contribution >= 4 is 40.2 Å². The Kier molecular flexibility index (Phi) is 8.15. The summed E-state index contributed by atoms with van der Waals surface area (Å²) in [4.78, 5) is 16.1. The van der Waals surface area contributed by atoms with Crippen molar-refractivity contribution in [2.45, 2.75) is 24.7 Å². The van der Waals surface area contributed by atoms with E-state index in [0.717, 1.165) is 39.0 Å². The second-order valence-electron chi connectivity index (χ2n) is 8.72. The van der Waals surface area contributed by atoms with E-state index >= 15 is 0 Å². The number of aromatic amines is 1. The number of aromatic nitrogens is 5. The summed E-state index contributed by atoms with van der Waals surface area (Å²) in [6.45, 7) is 0.325. The van der Waals surface area contributed by atoms with Gasteiger partial charge in [0, 0.05) is 29.0 Å². The van der Waals surface area contributed by atoms with Gasteiger partial charge in [-0.2, -0.15) is 5.21 Å². The van der Waals surface area contributed by atoms with Crippen LogP contribution in [0.2, 0.25) is 5.02 Å². The van der Waals surface area contributed by atoms with Crippen LogP contribution < -0.4 is 10.5 Å². The Morgan fingerprint density at radius 1 is 1.03 bits per heavy atom. The number of ether oxygens (including phenoxy) is 1. The van der Waals surface area contributed by atoms with Gasteiger partial charge in [-0.05, 0) is 47.0 Å². The van der Waals surface area contributed by atoms with Crippen LogP contribution in [0.5, 0.6) is 5.75 Å². The van der Waals surface area contributed by atoms with Crippen molar-refractivity contribution in [3.05, 3.63) is 112 Å². The smallest absolute Gasteiger partial charge is 0.218 e. The van der Waals surface area contributed by atoms with E-state index in [4.69, 9.17) is 22.1 Å². The molecule has 1 unspecified atom stereocenters. The Morgan fingerprint density at radius 3 is 2.66 bits per heavy atom. The number of halogens is 1. The number of hydrogen-bond donors (Lipinski definition) is 2. The van der Waals surface area contributed by atoms with Crippen molar-refractivity contribution in [3.63, 3.8) is 0 Å². The molecule has 10 heteroatoms. The Balaban J connectivity index is 1.36. The Morgan fingerprint density at radius 2 is 1.84 bits per heavy atom. The number of primary amides is 1. The molecule has 2 aromatic heterocycles. The summed E-state index contributed by atoms with van der Waals surface area (Å²) in [5.74, 6) is 1.64. The van der Waals surface area contributed by atoms with E-state index in [-0.39, 0.29) is 11.2 Å². The lowest BCUT2D eigenvalue weighted by molar-refractivity contribution is -0.117. The van der Waals surface area contributed by atoms with E-state index in [0.29, 0.717) is 36.0 Å². The average molecular weight is 545 g/mol. The summed E-state index contributed by atoms with van der Waals surface area (Å²) in [5.41, 5.74) is 10.3. The van der Waals surface area contributed by atoms with Crippen LogP contribution in [0.25, 0.3) is 10.9 Å². The van der Waals surface area contributed by atoms with Crippen LogP contribution in [0, 0.1) is 0 Å². The fourth-order valence-corrected chi connectivity index (χ4v) is 5.51. The average Bonchev–Trinajstić information content (AvgIpc) is 3.43. The summed E-state index contributed by atoms with van der Waals surface area (Å²) < 4.78 is 6.13. The molecule has 0 spiro atoms. The molecule has 3 N–H and O–H groups in total. The van der Waals surface area contributed by atoms with E-state index in [1.165, 1.54) is 0 Å². The number of carbonyl (C=O) groups excluding carboxylic acids is 1. The monoisotopic (exact) mass is 544 g/mol. The van der Waals surface area contributed by atoms with Gasteiger partial charge in [-0.1, -0.05) is 65.3 Å². The number of hydrogen-bond acceptors (Lipinski definition) is 7. The van der Waals surface area contributed by atoms with Crippen LogP contribution >= 0.6 is 23.4 Å². The van der Waals surface area contributed by atoms with Crippen molar-refractivity contribution < 1.29 is 9.53 Å². The van der Waals surface area contributed by atoms with Gasteiger partial charge in [-0.3, -0.25) is 4.79 Å². The van der Waals surface area contributed by atoms with Crippen LogP contribution in [-0.4, -0.2) is 37.3 Å². The molecule has 0 saturated carbocycles. The quantitative estimate of drug-likeness (QED) is 0.232. The van der Waals surface area contributed by atoms with Gasteiger partial charge in [0.1, 0.15) is 12.4 Å². The molecule has 2 heterocycles. The second kappa shape index (κ2) is 12.1. The molecule has 0 aliphatic carbocycles. The molecule has 1 amide bonds. The molecule has 5 aromatic rings. The molecule has 0 aliphatic heterocycles. The summed E-state index contributed by atoms with van der Waals surface area (Å²) in [7, 11) is 0. The number of nitrogens with two attached hydrogens (primary N) is 1. The molecular formula is C28H25ClN6O2S. The maximum absolute atomic E-state index is 11.4. The number of carbonyl (C=O) groups is 1. The molecule has 0 bridgehead atoms. The molecule has 3 aromatic carbocycles. The van der Waals surface area contributed by atoms with Gasteiger partial charge in [0.25, 0.3) is 0 Å². The Bertz CT molecular complexity index is 1550. The highest BCUT2D eigenvalue weighted by molar-refractivity contribution is 7.99. The number of benzene rings is 3. The van der Waals surface area contributed by atoms with E-state index in [2.05, 4.69) is 43.8 Å². The molecule has 5 rings (SSSR count). The topological polar surface area (TPSA) is 120 Å². The summed E-state index contributed by atoms with van der Waals surface area (Å²) in [6.07, 6.45) is 0.869. The third-order valence-electron chi connectivity index (χ3n) is 5.90. The number of pyridine rings is 1. The van der Waals surface area contributed by atoms with Gasteiger partial charge in [0.2, 0.25) is 5.91 Å². The first-order valence-electron chi connectivity index (χ1n) is 12.0. The highest BCUT2D eigenvalue weighted by Crippen LogP contribution is 2.38. The molecule has 1 atom stereocenters. The first-order chi connectivity index (χ1) is 18.5. The van der Waals surface area contributed by atoms with Gasteiger partial charge in [0.05, 0.1) is 16.5 Å². The van der Waals surface area contributed by atoms with Crippen molar-refractivity contribution in [1.29, 1.82) is 0 Å². The predicted octanol–water partition coefficient (Wildman–Crippen LogP) is 5.27. The molecule has 0 fully saturated rings. The standard InChI is InChI=1S/C28H25ClN6O2S/c29-22-9-7-19-8-10-23(31-25(19)16-22)17-37-24-6-2-5-21(15-24)28(38-12-11-26(30)36)20-4-1-3-18(13-20)14-27-32-34-35-33-27/h1-10,13,15-16,28H,11-12,14,17H2,(H2,30,36)(H,32,33,34,35). The molecule has 0 saturated heterocycles. The van der Waals surface area contributed by atoms with Crippen molar-refractivity contribution in [2.24, 2.45) is 5.73 Å². The van der Waals surface area contributed by atoms with Gasteiger partial charge in [0.15, 0.2) is 5.82 Å². The number of rotatable bonds is 11. The first-order valence-corrected chi connectivity index (χ1v) is 13.5. The zero-order valence-electron chi connectivity index (χ0n) is 20.4. The van der Waals surface area contributed by atoms with Gasteiger partial charge in [-0.25, -0.2) is 4.98 Å². The number of fused-ring (bicyclic) bond motifs is 1. The van der Waals surface area contributed by atoms with E-state index in [9.17, 15) is 4.79 Å². The number of H-pyrrole nitrogens is 1. The van der Waals surface area contributed by atoms with Gasteiger partial charge in [-0.15, -0.1) is 22.0 Å². The number of amides is 1. The maximum Gasteiger partial charge on any atom is 0.218 e. The number of tetrazole rings is 1. The van der Waals surface area contributed by atoms with Crippen LogP contribution in [0.4, 0.5) is 0 Å². The van der Waals surface area contributed by atoms with Crippen molar-refractivity contribution in [1.82, 2.24) is 25.6 Å². The zero-order valence-corrected chi connectivity index (χ0v) is 22.0. The van der Waals surface area contributed by atoms with Gasteiger partial charge >= 0.3 is 0 Å². The predicted molar refractivity (Wildman–Crippen MR) is 149 cm³/mol. The summed E-state index contributed by atoms with van der Waals surface area (Å²) >= 11 is 7.80. The molecule has 0 aliphatic rings. The fraction of sp³-hybridized carbons (Fsp3) is 0.179. The lowest BCUT2D eigenvalue weighted by Crippen LogP contribution is -2.11. The molecule has 38 heavy (non-hydrogen) atoms. The van der Waals surface area contributed by atoms with Gasteiger partial charge < -0.3 is 10.5 Å². The zero-order chi connectivity index (χ0) is 26.3. The number of nitrogens with zero attached hydrogens (tertiary/aromatic N) is 4. The largest absolute Gasteiger partial charge is 0.487 e. The fourth-order valence-electron chi connectivity index (χ4n) is 4.11. The highest BCUT2D eigenvalue weighted by atomic mass is 35.5. The summed E-state index contributed by atoms with van der Waals surface area (Å²) in [5, 5.41) is 15.9. The molecule has 8 nitrogen and oxygen atoms in total. The number of nitrogens with one attached hydrogen (secondary N) is 1. The second-order valence-corrected chi connectivity index (χ2v) is 10.4. The van der Waals surface area contributed by atoms with E-state index in [1.807, 2.05) is 60.7 Å². The third kappa shape index (κ3) is 6.67. The summed E-state index contributed by atoms with van der Waals surface area (Å²) in [6, 6.07) is 25.9. The van der Waals surface area contributed by atoms with E-state index in [1.54, 1.807) is 11.8 Å². The SMILES string of the molecule is NC(=O)CCSC(c1cccc(Cc2nn[nH]n2)c1)c1cccc(OCc2ccc3ccc(Cl)cc3n2)c1. The van der Waals surface area contributed by atoms with Crippen molar-refractivity contribution in [3.8, 4) is 5.75 Å². The molecule has 192 valence electrons.